The molecule has 0 amide bonds. The normalized spacial score (nSPS) is 34.8. The second-order valence-corrected chi connectivity index (χ2v) is 20.1. The van der Waals surface area contributed by atoms with E-state index in [1.807, 2.05) is 32.9 Å². The lowest BCUT2D eigenvalue weighted by molar-refractivity contribution is -0.333. The number of aliphatic hydroxyl groups is 5. The lowest BCUT2D eigenvalue weighted by Gasteiger charge is -2.47. The van der Waals surface area contributed by atoms with E-state index < -0.39 is 144 Å². The highest BCUT2D eigenvalue weighted by Crippen LogP contribution is 2.45. The van der Waals surface area contributed by atoms with Crippen molar-refractivity contribution in [2.75, 3.05) is 13.7 Å². The smallest absolute Gasteiger partial charge is 0.342 e. The maximum Gasteiger partial charge on any atom is 0.342 e. The Morgan fingerprint density at radius 2 is 1.57 bits per heavy atom. The number of phenols is 2. The minimum atomic E-state index is -1.61. The molecule has 4 rings (SSSR count). The molecule has 0 spiro atoms. The van der Waals surface area contributed by atoms with Crippen molar-refractivity contribution < 1.29 is 88.0 Å². The Morgan fingerprint density at radius 3 is 2.17 bits per heavy atom. The van der Waals surface area contributed by atoms with Crippen LogP contribution in [0.1, 0.15) is 111 Å². The molecule has 3 heterocycles. The molecule has 20 heteroatoms. The lowest BCUT2D eigenvalue weighted by atomic mass is 9.88. The molecule has 3 aliphatic rings. The zero-order chi connectivity index (χ0) is 54.1. The molecule has 7 N–H and O–H groups in total. The third-order valence-electron chi connectivity index (χ3n) is 13.0. The average molecular weight is 1060 g/mol. The molecule has 72 heavy (non-hydrogen) atoms. The van der Waals surface area contributed by atoms with E-state index in [1.165, 1.54) is 33.1 Å². The van der Waals surface area contributed by atoms with Crippen LogP contribution in [0, 0.1) is 11.8 Å². The van der Waals surface area contributed by atoms with Gasteiger partial charge < -0.3 is 73.6 Å². The van der Waals surface area contributed by atoms with E-state index >= 15 is 0 Å². The van der Waals surface area contributed by atoms with Gasteiger partial charge in [-0.05, 0) is 90.5 Å². The highest BCUT2D eigenvalue weighted by atomic mass is 35.5. The predicted molar refractivity (Wildman–Crippen MR) is 265 cm³/mol. The number of halogens is 2. The summed E-state index contributed by atoms with van der Waals surface area (Å²) in [4.78, 5) is 40.0. The van der Waals surface area contributed by atoms with Gasteiger partial charge in [0.25, 0.3) is 0 Å². The standard InChI is InChI=1S/C52H74Cl2O18/c1-13-30-22-26(6)33(56)18-16-15-17-31(23-66-51-45(65-12)42(61)44(29(9)67-51)69-49(64)35-32(14-2)36(53)39(58)37(54)38(35)57)48(63)68-34(28(8)55)20-19-25(5)21-27(7)43(30)70-50-41(60)40(59)46(52(10,11)72-50)71-47(62)24(3)4/h15-17,19,21-22,24,28-30,33-34,40-46,50-51,55-61H,13-14,18,20,23H2,1-12H3/b16-15+,25-19+,26-22+,27-21+,31-17+/t28-,29-,30+,33+,34+,40-,41+,42+,43+,44-,45+,46+,50?,51-/m1/s1. The number of esters is 3. The molecule has 0 bridgehead atoms. The maximum absolute atomic E-state index is 13.9. The van der Waals surface area contributed by atoms with Crippen molar-refractivity contribution in [3.8, 4) is 11.5 Å². The van der Waals surface area contributed by atoms with Crippen LogP contribution in [0.4, 0.5) is 0 Å². The van der Waals surface area contributed by atoms with Gasteiger partial charge in [0, 0.05) is 19.4 Å². The van der Waals surface area contributed by atoms with Crippen molar-refractivity contribution in [2.24, 2.45) is 11.8 Å². The Balaban J connectivity index is 1.61. The number of cyclic esters (lactones) is 1. The molecule has 18 nitrogen and oxygen atoms in total. The van der Waals surface area contributed by atoms with Gasteiger partial charge in [0.2, 0.25) is 0 Å². The van der Waals surface area contributed by atoms with E-state index in [2.05, 4.69) is 0 Å². The average Bonchev–Trinajstić information content (AvgIpc) is 3.32. The van der Waals surface area contributed by atoms with E-state index in [0.717, 1.165) is 0 Å². The molecule has 2 saturated heterocycles. The molecule has 1 aromatic rings. The van der Waals surface area contributed by atoms with Crippen LogP contribution in [0.25, 0.3) is 0 Å². The van der Waals surface area contributed by atoms with Crippen molar-refractivity contribution in [2.45, 2.75) is 187 Å². The number of allylic oxidation sites excluding steroid dienone is 4. The number of benzene rings is 1. The summed E-state index contributed by atoms with van der Waals surface area (Å²) in [5, 5.41) is 76.5. The van der Waals surface area contributed by atoms with Gasteiger partial charge in [-0.1, -0.05) is 86.9 Å². The van der Waals surface area contributed by atoms with Crippen LogP contribution >= 0.6 is 23.2 Å². The first-order valence-electron chi connectivity index (χ1n) is 24.2. The minimum absolute atomic E-state index is 0.0372. The zero-order valence-electron chi connectivity index (χ0n) is 43.0. The van der Waals surface area contributed by atoms with Crippen LogP contribution in [-0.4, -0.2) is 153 Å². The summed E-state index contributed by atoms with van der Waals surface area (Å²) in [5.74, 6) is -4.78. The molecule has 3 aliphatic heterocycles. The van der Waals surface area contributed by atoms with Crippen LogP contribution in [0.5, 0.6) is 11.5 Å². The highest BCUT2D eigenvalue weighted by Gasteiger charge is 2.53. The summed E-state index contributed by atoms with van der Waals surface area (Å²) >= 11 is 12.3. The van der Waals surface area contributed by atoms with Gasteiger partial charge in [-0.15, -0.1) is 0 Å². The molecule has 0 aromatic heterocycles. The molecule has 1 aromatic carbocycles. The summed E-state index contributed by atoms with van der Waals surface area (Å²) in [5.41, 5.74) is 0.318. The first kappa shape index (κ1) is 60.7. The van der Waals surface area contributed by atoms with Gasteiger partial charge in [0.1, 0.15) is 46.7 Å². The predicted octanol–water partition coefficient (Wildman–Crippen LogP) is 6.23. The van der Waals surface area contributed by atoms with Crippen molar-refractivity contribution >= 4 is 41.1 Å². The Kier molecular flexibility index (Phi) is 22.4. The zero-order valence-corrected chi connectivity index (χ0v) is 44.5. The SMILES string of the molecule is CCc1c(Cl)c(O)c(Cl)c(O)c1C(=O)O[C@H]1[C@H](O)[C@H](OC)[C@H](OC/C2=C\C=C\C[C@H](O)/C(C)=C/[C@H](CC)[C@@H](OC3OC(C)(C)[C@@H](OC(=O)C(C)C)[C@H](O)[C@@H]3O)/C(C)=C/C(C)=C/C[C@@H]([C@@H](C)O)OC2=O)O[C@@H]1C. The molecule has 404 valence electrons. The number of methoxy groups -OCH3 is 1. The number of carbonyl (C=O) groups is 3. The fourth-order valence-corrected chi connectivity index (χ4v) is 9.16. The largest absolute Gasteiger partial charge is 0.505 e. The summed E-state index contributed by atoms with van der Waals surface area (Å²) in [6.45, 7) is 18.1. The maximum atomic E-state index is 13.9. The van der Waals surface area contributed by atoms with Crippen LogP contribution in [0.2, 0.25) is 10.0 Å². The van der Waals surface area contributed by atoms with Gasteiger partial charge in [-0.3, -0.25) is 4.79 Å². The monoisotopic (exact) mass is 1060 g/mol. The molecule has 14 atom stereocenters. The Labute approximate surface area is 431 Å². The highest BCUT2D eigenvalue weighted by molar-refractivity contribution is 6.39. The molecular weight excluding hydrogens is 983 g/mol. The first-order chi connectivity index (χ1) is 33.7. The van der Waals surface area contributed by atoms with E-state index in [-0.39, 0.29) is 35.4 Å². The lowest BCUT2D eigenvalue weighted by Crippen LogP contribution is -2.64. The molecular formula is C52H74Cl2O18. The molecule has 2 fully saturated rings. The fraction of sp³-hybridized carbons (Fsp3) is 0.635. The second-order valence-electron chi connectivity index (χ2n) is 19.4. The van der Waals surface area contributed by atoms with Crippen LogP contribution in [-0.2, 0) is 53.9 Å². The van der Waals surface area contributed by atoms with E-state index in [9.17, 15) is 50.1 Å². The van der Waals surface area contributed by atoms with Crippen molar-refractivity contribution in [3.05, 3.63) is 79.9 Å². The van der Waals surface area contributed by atoms with Gasteiger partial charge in [0.15, 0.2) is 36.3 Å². The molecule has 1 unspecified atom stereocenters. The summed E-state index contributed by atoms with van der Waals surface area (Å²) in [6, 6.07) is 0. The number of hydrogen-bond acceptors (Lipinski definition) is 18. The number of ether oxygens (including phenoxy) is 8. The quantitative estimate of drug-likeness (QED) is 0.0655. The van der Waals surface area contributed by atoms with Gasteiger partial charge in [-0.2, -0.15) is 0 Å². The van der Waals surface area contributed by atoms with Crippen LogP contribution < -0.4 is 0 Å². The second kappa shape index (κ2) is 26.5. The third-order valence-corrected chi connectivity index (χ3v) is 13.8. The van der Waals surface area contributed by atoms with Gasteiger partial charge in [-0.25, -0.2) is 9.59 Å². The summed E-state index contributed by atoms with van der Waals surface area (Å²) in [6.07, 6.45) is -5.45. The van der Waals surface area contributed by atoms with E-state index in [1.54, 1.807) is 53.7 Å². The van der Waals surface area contributed by atoms with E-state index in [0.29, 0.717) is 23.1 Å². The third kappa shape index (κ3) is 14.7. The Bertz CT molecular complexity index is 2220. The number of carbonyl (C=O) groups excluding carboxylic acids is 3. The van der Waals surface area contributed by atoms with Gasteiger partial charge in [0.05, 0.1) is 47.5 Å². The van der Waals surface area contributed by atoms with Crippen molar-refractivity contribution in [1.82, 2.24) is 0 Å². The minimum Gasteiger partial charge on any atom is -0.505 e. The summed E-state index contributed by atoms with van der Waals surface area (Å²) < 4.78 is 47.5. The number of aliphatic hydroxyl groups excluding tert-OH is 5. The van der Waals surface area contributed by atoms with Crippen molar-refractivity contribution in [3.63, 3.8) is 0 Å². The first-order valence-corrected chi connectivity index (χ1v) is 24.9. The van der Waals surface area contributed by atoms with E-state index in [4.69, 9.17) is 61.1 Å². The molecule has 0 radical (unpaired) electrons. The Morgan fingerprint density at radius 1 is 0.903 bits per heavy atom. The summed E-state index contributed by atoms with van der Waals surface area (Å²) in [7, 11) is 1.26. The van der Waals surface area contributed by atoms with Gasteiger partial charge >= 0.3 is 17.9 Å². The van der Waals surface area contributed by atoms with Crippen molar-refractivity contribution in [1.29, 1.82) is 0 Å². The van der Waals surface area contributed by atoms with Crippen LogP contribution in [0.15, 0.2) is 58.7 Å². The Hall–Kier alpha value is -3.89. The fourth-order valence-electron chi connectivity index (χ4n) is 8.60. The van der Waals surface area contributed by atoms with Crippen LogP contribution in [0.3, 0.4) is 0 Å². The number of phenolic OH excluding ortho intramolecular Hbond substituents is 2. The molecule has 0 aliphatic carbocycles. The topological polar surface area (TPSA) is 267 Å². The molecule has 0 saturated carbocycles. The number of aromatic hydroxyl groups is 2. The number of hydrogen-bond donors (Lipinski definition) is 7. The number of rotatable bonds is 13.